The van der Waals surface area contributed by atoms with Crippen LogP contribution in [0.2, 0.25) is 0 Å². The topological polar surface area (TPSA) is 80.9 Å². The predicted octanol–water partition coefficient (Wildman–Crippen LogP) is 2.63. The van der Waals surface area contributed by atoms with Gasteiger partial charge in [0.1, 0.15) is 4.88 Å². The molecule has 0 radical (unpaired) electrons. The quantitative estimate of drug-likeness (QED) is 0.841. The SMILES string of the molecule is CCCc1nnsc1C(=O)Nc1cccc(N)c1C. The standard InChI is InChI=1S/C13H16N4OS/c1-3-5-11-12(19-17-16-11)13(18)15-10-7-4-6-9(14)8(10)2/h4,6-7H,3,5,14H2,1-2H3,(H,15,18). The van der Waals surface area contributed by atoms with Gasteiger partial charge >= 0.3 is 0 Å². The lowest BCUT2D eigenvalue weighted by atomic mass is 10.1. The summed E-state index contributed by atoms with van der Waals surface area (Å²) < 4.78 is 3.85. The number of hydrogen-bond donors (Lipinski definition) is 2. The van der Waals surface area contributed by atoms with Crippen molar-refractivity contribution in [2.24, 2.45) is 0 Å². The number of carbonyl (C=O) groups is 1. The van der Waals surface area contributed by atoms with E-state index in [1.54, 1.807) is 0 Å². The van der Waals surface area contributed by atoms with Crippen molar-refractivity contribution in [3.63, 3.8) is 0 Å². The second-order valence-corrected chi connectivity index (χ2v) is 5.03. The number of anilines is 2. The van der Waals surface area contributed by atoms with E-state index in [0.29, 0.717) is 10.6 Å². The fourth-order valence-electron chi connectivity index (χ4n) is 1.75. The van der Waals surface area contributed by atoms with Gasteiger partial charge in [0, 0.05) is 11.4 Å². The minimum absolute atomic E-state index is 0.174. The molecule has 2 aromatic rings. The van der Waals surface area contributed by atoms with E-state index in [1.807, 2.05) is 32.0 Å². The number of aromatic nitrogens is 2. The lowest BCUT2D eigenvalue weighted by Gasteiger charge is -2.09. The third kappa shape index (κ3) is 2.90. The fourth-order valence-corrected chi connectivity index (χ4v) is 2.35. The Balaban J connectivity index is 2.21. The molecular weight excluding hydrogens is 260 g/mol. The molecule has 0 fully saturated rings. The van der Waals surface area contributed by atoms with Crippen molar-refractivity contribution in [2.45, 2.75) is 26.7 Å². The summed E-state index contributed by atoms with van der Waals surface area (Å²) in [6.45, 7) is 3.92. The second-order valence-electron chi connectivity index (χ2n) is 4.27. The summed E-state index contributed by atoms with van der Waals surface area (Å²) in [5.41, 5.74) is 8.83. The van der Waals surface area contributed by atoms with Crippen molar-refractivity contribution >= 4 is 28.8 Å². The van der Waals surface area contributed by atoms with E-state index in [9.17, 15) is 4.79 Å². The van der Waals surface area contributed by atoms with E-state index in [-0.39, 0.29) is 5.91 Å². The van der Waals surface area contributed by atoms with Crippen molar-refractivity contribution in [1.29, 1.82) is 0 Å². The van der Waals surface area contributed by atoms with Crippen LogP contribution in [0, 0.1) is 6.92 Å². The Hall–Kier alpha value is -1.95. The summed E-state index contributed by atoms with van der Waals surface area (Å²) in [7, 11) is 0. The van der Waals surface area contributed by atoms with Crippen molar-refractivity contribution in [2.75, 3.05) is 11.1 Å². The van der Waals surface area contributed by atoms with Crippen LogP contribution in [-0.2, 0) is 6.42 Å². The summed E-state index contributed by atoms with van der Waals surface area (Å²) in [6.07, 6.45) is 1.69. The first-order chi connectivity index (χ1) is 9.13. The van der Waals surface area contributed by atoms with Gasteiger partial charge in [0.25, 0.3) is 5.91 Å². The first-order valence-corrected chi connectivity index (χ1v) is 6.88. The molecule has 1 aromatic heterocycles. The zero-order chi connectivity index (χ0) is 13.8. The van der Waals surface area contributed by atoms with Gasteiger partial charge in [-0.1, -0.05) is 23.9 Å². The number of rotatable bonds is 4. The van der Waals surface area contributed by atoms with Crippen molar-refractivity contribution < 1.29 is 4.79 Å². The molecule has 0 aliphatic heterocycles. The molecule has 100 valence electrons. The summed E-state index contributed by atoms with van der Waals surface area (Å²) in [5.74, 6) is -0.174. The highest BCUT2D eigenvalue weighted by atomic mass is 32.1. The Morgan fingerprint density at radius 1 is 1.47 bits per heavy atom. The Morgan fingerprint density at radius 2 is 2.26 bits per heavy atom. The molecule has 19 heavy (non-hydrogen) atoms. The predicted molar refractivity (Wildman–Crippen MR) is 77.4 cm³/mol. The molecule has 0 unspecified atom stereocenters. The lowest BCUT2D eigenvalue weighted by Crippen LogP contribution is -2.13. The number of nitrogens with zero attached hydrogens (tertiary/aromatic N) is 2. The molecule has 2 rings (SSSR count). The van der Waals surface area contributed by atoms with Crippen LogP contribution in [0.5, 0.6) is 0 Å². The molecule has 1 amide bonds. The van der Waals surface area contributed by atoms with E-state index in [1.165, 1.54) is 0 Å². The van der Waals surface area contributed by atoms with Crippen LogP contribution >= 0.6 is 11.5 Å². The van der Waals surface area contributed by atoms with E-state index in [4.69, 9.17) is 5.73 Å². The maximum atomic E-state index is 12.2. The van der Waals surface area contributed by atoms with E-state index >= 15 is 0 Å². The minimum atomic E-state index is -0.174. The summed E-state index contributed by atoms with van der Waals surface area (Å²) in [6, 6.07) is 5.45. The molecule has 3 N–H and O–H groups in total. The molecule has 0 atom stereocenters. The van der Waals surface area contributed by atoms with Gasteiger partial charge in [-0.2, -0.15) is 0 Å². The largest absolute Gasteiger partial charge is 0.398 e. The van der Waals surface area contributed by atoms with Crippen LogP contribution in [0.1, 0.15) is 34.3 Å². The number of amides is 1. The highest BCUT2D eigenvalue weighted by Gasteiger charge is 2.16. The molecule has 0 bridgehead atoms. The van der Waals surface area contributed by atoms with E-state index in [2.05, 4.69) is 14.9 Å². The van der Waals surface area contributed by atoms with Crippen molar-refractivity contribution in [1.82, 2.24) is 9.59 Å². The number of nitrogen functional groups attached to an aromatic ring is 1. The monoisotopic (exact) mass is 276 g/mol. The van der Waals surface area contributed by atoms with Crippen LogP contribution < -0.4 is 11.1 Å². The van der Waals surface area contributed by atoms with E-state index < -0.39 is 0 Å². The van der Waals surface area contributed by atoms with Crippen LogP contribution in [0.25, 0.3) is 0 Å². The maximum Gasteiger partial charge on any atom is 0.269 e. The molecule has 0 spiro atoms. The highest BCUT2D eigenvalue weighted by molar-refractivity contribution is 7.08. The summed E-state index contributed by atoms with van der Waals surface area (Å²) in [4.78, 5) is 12.8. The molecular formula is C13H16N4OS. The van der Waals surface area contributed by atoms with Crippen LogP contribution in [0.3, 0.4) is 0 Å². The average molecular weight is 276 g/mol. The first kappa shape index (κ1) is 13.5. The number of nitrogens with one attached hydrogen (secondary N) is 1. The van der Waals surface area contributed by atoms with E-state index in [0.717, 1.165) is 41.3 Å². The van der Waals surface area contributed by atoms with Gasteiger partial charge in [-0.15, -0.1) is 5.10 Å². The fraction of sp³-hybridized carbons (Fsp3) is 0.308. The molecule has 5 nitrogen and oxygen atoms in total. The van der Waals surface area contributed by atoms with Crippen LogP contribution in [0.4, 0.5) is 11.4 Å². The van der Waals surface area contributed by atoms with Gasteiger partial charge in [-0.3, -0.25) is 4.79 Å². The molecule has 6 heteroatoms. The number of aryl methyl sites for hydroxylation is 1. The number of nitrogens with two attached hydrogens (primary N) is 1. The zero-order valence-corrected chi connectivity index (χ0v) is 11.8. The van der Waals surface area contributed by atoms with Gasteiger partial charge in [-0.05, 0) is 42.6 Å². The molecule has 1 aromatic carbocycles. The zero-order valence-electron chi connectivity index (χ0n) is 10.9. The van der Waals surface area contributed by atoms with Crippen molar-refractivity contribution in [3.8, 4) is 0 Å². The second kappa shape index (κ2) is 5.79. The molecule has 0 saturated carbocycles. The Bertz CT molecular complexity index is 594. The first-order valence-electron chi connectivity index (χ1n) is 6.11. The summed E-state index contributed by atoms with van der Waals surface area (Å²) >= 11 is 1.12. The van der Waals surface area contributed by atoms with Gasteiger partial charge in [0.15, 0.2) is 0 Å². The molecule has 0 saturated heterocycles. The Kier molecular flexibility index (Phi) is 4.11. The van der Waals surface area contributed by atoms with Gasteiger partial charge in [0.2, 0.25) is 0 Å². The van der Waals surface area contributed by atoms with Crippen LogP contribution in [0.15, 0.2) is 18.2 Å². The maximum absolute atomic E-state index is 12.2. The average Bonchev–Trinajstić information content (AvgIpc) is 2.84. The lowest BCUT2D eigenvalue weighted by molar-refractivity contribution is 0.102. The molecule has 0 aliphatic carbocycles. The van der Waals surface area contributed by atoms with Crippen LogP contribution in [-0.4, -0.2) is 15.5 Å². The third-order valence-electron chi connectivity index (χ3n) is 2.87. The number of carbonyl (C=O) groups excluding carboxylic acids is 1. The minimum Gasteiger partial charge on any atom is -0.398 e. The normalized spacial score (nSPS) is 10.4. The summed E-state index contributed by atoms with van der Waals surface area (Å²) in [5, 5.41) is 6.86. The number of benzene rings is 1. The number of hydrogen-bond acceptors (Lipinski definition) is 5. The third-order valence-corrected chi connectivity index (χ3v) is 3.64. The van der Waals surface area contributed by atoms with Crippen molar-refractivity contribution in [3.05, 3.63) is 34.3 Å². The van der Waals surface area contributed by atoms with Gasteiger partial charge in [-0.25, -0.2) is 0 Å². The molecule has 0 aliphatic rings. The smallest absolute Gasteiger partial charge is 0.269 e. The van der Waals surface area contributed by atoms with Gasteiger partial charge in [0.05, 0.1) is 5.69 Å². The van der Waals surface area contributed by atoms with Gasteiger partial charge < -0.3 is 11.1 Å². The Morgan fingerprint density at radius 3 is 3.00 bits per heavy atom. The highest BCUT2D eigenvalue weighted by Crippen LogP contribution is 2.22. The Labute approximate surface area is 116 Å². The molecule has 1 heterocycles.